The summed E-state index contributed by atoms with van der Waals surface area (Å²) in [6, 6.07) is 35.3. The second-order valence-corrected chi connectivity index (χ2v) is 12.6. The number of hydrogen-bond donors (Lipinski definition) is 0. The Hall–Kier alpha value is -5.16. The van der Waals surface area contributed by atoms with Crippen LogP contribution in [0.4, 0.5) is 0 Å². The van der Waals surface area contributed by atoms with E-state index in [9.17, 15) is 0 Å². The molecule has 0 aliphatic rings. The Labute approximate surface area is 259 Å². The number of aromatic nitrogens is 4. The quantitative estimate of drug-likeness (QED) is 0.198. The van der Waals surface area contributed by atoms with Crippen molar-refractivity contribution in [1.82, 2.24) is 19.3 Å². The van der Waals surface area contributed by atoms with Gasteiger partial charge in [0.2, 0.25) is 0 Å². The first-order valence-electron chi connectivity index (χ1n) is 15.5. The van der Waals surface area contributed by atoms with Gasteiger partial charge in [-0.1, -0.05) is 69.3 Å². The van der Waals surface area contributed by atoms with Gasteiger partial charge in [0.05, 0.1) is 23.8 Å². The molecule has 44 heavy (non-hydrogen) atoms. The maximum absolute atomic E-state index is 8.26. The molecular formula is C39H36N4O. The first kappa shape index (κ1) is 26.5. The lowest BCUT2D eigenvalue weighted by Crippen LogP contribution is -2.08. The summed E-state index contributed by atoms with van der Waals surface area (Å²) in [5.41, 5.74) is 8.83. The first-order chi connectivity index (χ1) is 21.6. The van der Waals surface area contributed by atoms with Crippen LogP contribution in [0.2, 0.25) is 0 Å². The summed E-state index contributed by atoms with van der Waals surface area (Å²) >= 11 is 0. The molecule has 0 fully saturated rings. The minimum Gasteiger partial charge on any atom is -0.457 e. The van der Waals surface area contributed by atoms with Gasteiger partial charge in [-0.15, -0.1) is 0 Å². The zero-order valence-electron chi connectivity index (χ0n) is 26.8. The normalized spacial score (nSPS) is 12.2. The van der Waals surface area contributed by atoms with Crippen molar-refractivity contribution in [2.24, 2.45) is 5.41 Å². The predicted octanol–water partition coefficient (Wildman–Crippen LogP) is 10.0. The van der Waals surface area contributed by atoms with Crippen LogP contribution in [-0.4, -0.2) is 19.3 Å². The second-order valence-electron chi connectivity index (χ2n) is 12.6. The average Bonchev–Trinajstić information content (AvgIpc) is 3.49. The van der Waals surface area contributed by atoms with E-state index >= 15 is 0 Å². The van der Waals surface area contributed by atoms with Crippen molar-refractivity contribution < 1.29 is 6.11 Å². The van der Waals surface area contributed by atoms with Crippen molar-refractivity contribution in [3.63, 3.8) is 0 Å². The highest BCUT2D eigenvalue weighted by Crippen LogP contribution is 2.37. The fourth-order valence-electron chi connectivity index (χ4n) is 6.25. The predicted molar refractivity (Wildman–Crippen MR) is 180 cm³/mol. The average molecular weight is 578 g/mol. The number of hydrogen-bond acceptors (Lipinski definition) is 3. The number of aryl methyl sites for hydroxylation is 1. The highest BCUT2D eigenvalue weighted by atomic mass is 16.5. The summed E-state index contributed by atoms with van der Waals surface area (Å²) < 4.78 is 18.9. The van der Waals surface area contributed by atoms with Crippen LogP contribution in [0, 0.1) is 19.3 Å². The number of benzene rings is 4. The molecule has 5 heteroatoms. The van der Waals surface area contributed by atoms with E-state index < -0.39 is 0 Å². The van der Waals surface area contributed by atoms with Crippen LogP contribution in [0.25, 0.3) is 44.4 Å². The van der Waals surface area contributed by atoms with Crippen molar-refractivity contribution >= 4 is 21.8 Å². The Morgan fingerprint density at radius 3 is 2.39 bits per heavy atom. The van der Waals surface area contributed by atoms with E-state index in [1.54, 1.807) is 18.3 Å². The molecule has 0 N–H and O–H groups in total. The van der Waals surface area contributed by atoms with Crippen molar-refractivity contribution in [3.05, 3.63) is 132 Å². The fraction of sp³-hybridized carbons (Fsp3) is 0.179. The van der Waals surface area contributed by atoms with Gasteiger partial charge in [-0.3, -0.25) is 4.57 Å². The second kappa shape index (κ2) is 10.8. The van der Waals surface area contributed by atoms with Gasteiger partial charge < -0.3 is 4.74 Å². The number of rotatable bonds is 6. The van der Waals surface area contributed by atoms with E-state index in [0.717, 1.165) is 67.9 Å². The molecule has 0 aliphatic carbocycles. The molecule has 0 saturated heterocycles. The lowest BCUT2D eigenvalue weighted by atomic mass is 9.88. The summed E-state index contributed by atoms with van der Waals surface area (Å²) in [6.45, 7) is 11.0. The Kier molecular flexibility index (Phi) is 6.52. The van der Waals surface area contributed by atoms with Crippen LogP contribution in [0.15, 0.2) is 115 Å². The Balaban J connectivity index is 1.30. The summed E-state index contributed by atoms with van der Waals surface area (Å²) in [7, 11) is 0. The lowest BCUT2D eigenvalue weighted by Gasteiger charge is -2.18. The van der Waals surface area contributed by atoms with Gasteiger partial charge in [0.1, 0.15) is 17.3 Å². The zero-order chi connectivity index (χ0) is 31.3. The van der Waals surface area contributed by atoms with Gasteiger partial charge in [0, 0.05) is 40.4 Å². The molecule has 3 heterocycles. The number of pyridine rings is 1. The molecule has 0 unspecified atom stereocenters. The molecule has 218 valence electrons. The third kappa shape index (κ3) is 5.15. The zero-order valence-corrected chi connectivity index (χ0v) is 25.8. The highest BCUT2D eigenvalue weighted by molar-refractivity contribution is 6.09. The van der Waals surface area contributed by atoms with Crippen LogP contribution >= 0.6 is 0 Å². The standard InChI is InChI=1S/C39H36N4O/c1-26-38(29-12-7-6-8-13-29)27(2)43(41-26)30-14-11-15-31(23-30)44-32-18-19-33-34-22-28(25-39(3,4)5)17-20-35(34)42(36(33)24-32)37-16-9-10-21-40-37/h6-24H,25H2,1-5H3/i9D. The molecule has 0 bridgehead atoms. The van der Waals surface area contributed by atoms with E-state index in [4.69, 9.17) is 11.2 Å². The summed E-state index contributed by atoms with van der Waals surface area (Å²) in [5.74, 6) is 2.16. The molecule has 7 aromatic rings. The van der Waals surface area contributed by atoms with E-state index in [-0.39, 0.29) is 5.41 Å². The third-order valence-corrected chi connectivity index (χ3v) is 8.01. The molecule has 0 atom stereocenters. The molecule has 0 aliphatic heterocycles. The van der Waals surface area contributed by atoms with Crippen LogP contribution in [0.1, 0.15) is 39.1 Å². The largest absolute Gasteiger partial charge is 0.457 e. The molecule has 0 saturated carbocycles. The molecular weight excluding hydrogens is 540 g/mol. The topological polar surface area (TPSA) is 44.9 Å². The van der Waals surface area contributed by atoms with Crippen LogP contribution in [0.5, 0.6) is 11.5 Å². The maximum Gasteiger partial charge on any atom is 0.137 e. The SMILES string of the molecule is [2H]c1ccnc(-n2c3ccc(CC(C)(C)C)cc3c3ccc(Oc4cccc(-n5nc(C)c(-c6ccccc6)c5C)c4)cc32)c1. The van der Waals surface area contributed by atoms with E-state index in [2.05, 4.69) is 105 Å². The summed E-state index contributed by atoms with van der Waals surface area (Å²) in [4.78, 5) is 4.65. The van der Waals surface area contributed by atoms with Gasteiger partial charge in [-0.2, -0.15) is 5.10 Å². The van der Waals surface area contributed by atoms with Crippen LogP contribution in [0.3, 0.4) is 0 Å². The molecule has 7 rings (SSSR count). The summed E-state index contributed by atoms with van der Waals surface area (Å²) in [6.07, 6.45) is 2.67. The summed E-state index contributed by atoms with van der Waals surface area (Å²) in [5, 5.41) is 7.17. The van der Waals surface area contributed by atoms with Gasteiger partial charge >= 0.3 is 0 Å². The van der Waals surface area contributed by atoms with Crippen LogP contribution < -0.4 is 4.74 Å². The maximum atomic E-state index is 8.26. The molecule has 5 nitrogen and oxygen atoms in total. The number of nitrogens with zero attached hydrogens (tertiary/aromatic N) is 4. The van der Waals surface area contributed by atoms with Crippen molar-refractivity contribution in [2.45, 2.75) is 41.0 Å². The molecule has 0 amide bonds. The minimum absolute atomic E-state index is 0.180. The Bertz CT molecular complexity index is 2190. The molecule has 0 spiro atoms. The van der Waals surface area contributed by atoms with Crippen molar-refractivity contribution in [3.8, 4) is 34.1 Å². The number of fused-ring (bicyclic) bond motifs is 3. The van der Waals surface area contributed by atoms with Gasteiger partial charge in [0.25, 0.3) is 0 Å². The highest BCUT2D eigenvalue weighted by Gasteiger charge is 2.18. The lowest BCUT2D eigenvalue weighted by molar-refractivity contribution is 0.411. The van der Waals surface area contributed by atoms with Gasteiger partial charge in [0.15, 0.2) is 0 Å². The van der Waals surface area contributed by atoms with Crippen molar-refractivity contribution in [2.75, 3.05) is 0 Å². The van der Waals surface area contributed by atoms with E-state index in [1.165, 1.54) is 5.56 Å². The van der Waals surface area contributed by atoms with Crippen molar-refractivity contribution in [1.29, 1.82) is 0 Å². The fourth-order valence-corrected chi connectivity index (χ4v) is 6.25. The first-order valence-corrected chi connectivity index (χ1v) is 15.0. The van der Waals surface area contributed by atoms with E-state index in [1.807, 2.05) is 35.0 Å². The van der Waals surface area contributed by atoms with Crippen LogP contribution in [-0.2, 0) is 6.42 Å². The Morgan fingerprint density at radius 1 is 0.773 bits per heavy atom. The number of ether oxygens (including phenoxy) is 1. The molecule has 0 radical (unpaired) electrons. The minimum atomic E-state index is 0.180. The monoisotopic (exact) mass is 577 g/mol. The van der Waals surface area contributed by atoms with E-state index in [0.29, 0.717) is 11.9 Å². The Morgan fingerprint density at radius 2 is 1.59 bits per heavy atom. The molecule has 3 aromatic heterocycles. The smallest absolute Gasteiger partial charge is 0.137 e. The van der Waals surface area contributed by atoms with Gasteiger partial charge in [-0.25, -0.2) is 9.67 Å². The van der Waals surface area contributed by atoms with Gasteiger partial charge in [-0.05, 0) is 85.3 Å². The molecule has 4 aromatic carbocycles. The third-order valence-electron chi connectivity index (χ3n) is 8.01.